The summed E-state index contributed by atoms with van der Waals surface area (Å²) in [6.07, 6.45) is 0. The molecular formula is C16H15ClN2O2. The first-order chi connectivity index (χ1) is 10.1. The third-order valence-electron chi connectivity index (χ3n) is 3.42. The molecule has 0 saturated heterocycles. The Kier molecular flexibility index (Phi) is 3.47. The van der Waals surface area contributed by atoms with E-state index in [2.05, 4.69) is 9.97 Å². The fourth-order valence-electron chi connectivity index (χ4n) is 2.46. The molecule has 108 valence electrons. The second-order valence-electron chi connectivity index (χ2n) is 4.75. The van der Waals surface area contributed by atoms with Gasteiger partial charge >= 0.3 is 0 Å². The summed E-state index contributed by atoms with van der Waals surface area (Å²) in [6, 6.07) is 9.40. The van der Waals surface area contributed by atoms with Crippen molar-refractivity contribution in [2.24, 2.45) is 0 Å². The number of hydrogen-bond donors (Lipinski definition) is 1. The van der Waals surface area contributed by atoms with Gasteiger partial charge < -0.3 is 14.5 Å². The van der Waals surface area contributed by atoms with E-state index in [0.29, 0.717) is 16.7 Å². The van der Waals surface area contributed by atoms with E-state index in [1.54, 1.807) is 20.3 Å². The summed E-state index contributed by atoms with van der Waals surface area (Å²) >= 11 is 6.12. The molecule has 0 radical (unpaired) electrons. The zero-order valence-corrected chi connectivity index (χ0v) is 12.8. The molecule has 0 aliphatic heterocycles. The first kappa shape index (κ1) is 13.8. The molecule has 3 rings (SSSR count). The van der Waals surface area contributed by atoms with Crippen molar-refractivity contribution in [3.8, 4) is 22.9 Å². The Morgan fingerprint density at radius 1 is 1.10 bits per heavy atom. The number of H-pyrrole nitrogens is 1. The Labute approximate surface area is 127 Å². The zero-order valence-electron chi connectivity index (χ0n) is 12.0. The molecule has 2 aromatic heterocycles. The van der Waals surface area contributed by atoms with Crippen LogP contribution >= 0.6 is 11.6 Å². The highest BCUT2D eigenvalue weighted by Gasteiger charge is 2.14. The first-order valence-electron chi connectivity index (χ1n) is 6.50. The van der Waals surface area contributed by atoms with Crippen LogP contribution in [0.1, 0.15) is 5.69 Å². The van der Waals surface area contributed by atoms with Crippen molar-refractivity contribution in [1.82, 2.24) is 9.97 Å². The van der Waals surface area contributed by atoms with Gasteiger partial charge in [-0.05, 0) is 25.1 Å². The van der Waals surface area contributed by atoms with E-state index in [1.165, 1.54) is 0 Å². The molecule has 1 aromatic carbocycles. The van der Waals surface area contributed by atoms with Crippen molar-refractivity contribution in [3.05, 3.63) is 41.0 Å². The number of ether oxygens (including phenoxy) is 2. The summed E-state index contributed by atoms with van der Waals surface area (Å²) in [5.41, 5.74) is 3.84. The van der Waals surface area contributed by atoms with Gasteiger partial charge in [0.2, 0.25) is 5.88 Å². The number of methoxy groups -OCH3 is 2. The highest BCUT2D eigenvalue weighted by molar-refractivity contribution is 6.31. The Morgan fingerprint density at radius 3 is 2.62 bits per heavy atom. The third-order valence-corrected chi connectivity index (χ3v) is 3.66. The number of nitrogens with zero attached hydrogens (tertiary/aromatic N) is 1. The quantitative estimate of drug-likeness (QED) is 0.788. The summed E-state index contributed by atoms with van der Waals surface area (Å²) in [5, 5.41) is 1.72. The highest BCUT2D eigenvalue weighted by atomic mass is 35.5. The van der Waals surface area contributed by atoms with Crippen LogP contribution in [0.15, 0.2) is 30.3 Å². The number of rotatable bonds is 3. The molecule has 2 heterocycles. The van der Waals surface area contributed by atoms with Gasteiger partial charge in [-0.2, -0.15) is 0 Å². The van der Waals surface area contributed by atoms with Gasteiger partial charge in [-0.1, -0.05) is 11.6 Å². The number of aromatic amines is 1. The smallest absolute Gasteiger partial charge is 0.217 e. The number of halogens is 1. The maximum Gasteiger partial charge on any atom is 0.217 e. The van der Waals surface area contributed by atoms with Crippen molar-refractivity contribution >= 4 is 22.5 Å². The van der Waals surface area contributed by atoms with E-state index in [1.807, 2.05) is 31.2 Å². The summed E-state index contributed by atoms with van der Waals surface area (Å²) in [6.45, 7) is 2.01. The number of aromatic nitrogens is 2. The minimum atomic E-state index is 0.514. The highest BCUT2D eigenvalue weighted by Crippen LogP contribution is 2.35. The van der Waals surface area contributed by atoms with Crippen LogP contribution in [0.25, 0.3) is 22.2 Å². The zero-order chi connectivity index (χ0) is 15.0. The van der Waals surface area contributed by atoms with Crippen molar-refractivity contribution in [2.75, 3.05) is 14.2 Å². The molecule has 4 nitrogen and oxygen atoms in total. The fraction of sp³-hybridized carbons (Fsp3) is 0.188. The van der Waals surface area contributed by atoms with Gasteiger partial charge in [0.25, 0.3) is 0 Å². The molecule has 0 unspecified atom stereocenters. The fourth-order valence-corrected chi connectivity index (χ4v) is 2.63. The number of nitrogens with one attached hydrogen (secondary N) is 1. The number of aryl methyl sites for hydroxylation is 1. The van der Waals surface area contributed by atoms with E-state index >= 15 is 0 Å². The monoisotopic (exact) mass is 302 g/mol. The maximum atomic E-state index is 6.12. The Morgan fingerprint density at radius 2 is 1.90 bits per heavy atom. The normalized spacial score (nSPS) is 10.9. The molecule has 0 saturated carbocycles. The topological polar surface area (TPSA) is 47.1 Å². The third kappa shape index (κ3) is 2.43. The van der Waals surface area contributed by atoms with Crippen LogP contribution < -0.4 is 9.47 Å². The number of benzene rings is 1. The molecule has 0 bridgehead atoms. The van der Waals surface area contributed by atoms with Crippen molar-refractivity contribution in [3.63, 3.8) is 0 Å². The summed E-state index contributed by atoms with van der Waals surface area (Å²) < 4.78 is 10.6. The molecule has 5 heteroatoms. The SMILES string of the molecule is COc1cc(OC)nc(-c2c(C)[nH]c3ccc(Cl)cc23)c1. The van der Waals surface area contributed by atoms with Gasteiger partial charge in [0.15, 0.2) is 0 Å². The number of pyridine rings is 1. The van der Waals surface area contributed by atoms with E-state index in [9.17, 15) is 0 Å². The average molecular weight is 303 g/mol. The number of fused-ring (bicyclic) bond motifs is 1. The first-order valence-corrected chi connectivity index (χ1v) is 6.88. The van der Waals surface area contributed by atoms with Gasteiger partial charge in [0.05, 0.1) is 19.9 Å². The molecular weight excluding hydrogens is 288 g/mol. The Hall–Kier alpha value is -2.20. The second-order valence-corrected chi connectivity index (χ2v) is 5.19. The van der Waals surface area contributed by atoms with Gasteiger partial charge in [-0.3, -0.25) is 0 Å². The maximum absolute atomic E-state index is 6.12. The van der Waals surface area contributed by atoms with Gasteiger partial charge in [-0.25, -0.2) is 4.98 Å². The molecule has 0 fully saturated rings. The largest absolute Gasteiger partial charge is 0.496 e. The minimum absolute atomic E-state index is 0.514. The molecule has 21 heavy (non-hydrogen) atoms. The molecule has 0 amide bonds. The van der Waals surface area contributed by atoms with Crippen molar-refractivity contribution < 1.29 is 9.47 Å². The predicted octanol–water partition coefficient (Wildman–Crippen LogP) is 4.21. The Bertz CT molecular complexity index is 789. The minimum Gasteiger partial charge on any atom is -0.496 e. The van der Waals surface area contributed by atoms with Gasteiger partial charge in [0, 0.05) is 39.3 Å². The predicted molar refractivity (Wildman–Crippen MR) is 84.4 cm³/mol. The molecule has 1 N–H and O–H groups in total. The molecule has 0 aliphatic carbocycles. The lowest BCUT2D eigenvalue weighted by atomic mass is 10.1. The molecule has 0 spiro atoms. The van der Waals surface area contributed by atoms with Crippen LogP contribution in [0.3, 0.4) is 0 Å². The van der Waals surface area contributed by atoms with Crippen molar-refractivity contribution in [1.29, 1.82) is 0 Å². The van der Waals surface area contributed by atoms with E-state index in [-0.39, 0.29) is 0 Å². The summed E-state index contributed by atoms with van der Waals surface area (Å²) in [5.74, 6) is 1.22. The molecule has 0 atom stereocenters. The van der Waals surface area contributed by atoms with E-state index in [4.69, 9.17) is 21.1 Å². The van der Waals surface area contributed by atoms with Crippen LogP contribution in [0.2, 0.25) is 5.02 Å². The van der Waals surface area contributed by atoms with Crippen LogP contribution in [0.4, 0.5) is 0 Å². The van der Waals surface area contributed by atoms with Gasteiger partial charge in [-0.15, -0.1) is 0 Å². The average Bonchev–Trinajstić information content (AvgIpc) is 2.81. The van der Waals surface area contributed by atoms with Crippen molar-refractivity contribution in [2.45, 2.75) is 6.92 Å². The van der Waals surface area contributed by atoms with Gasteiger partial charge in [0.1, 0.15) is 5.75 Å². The van der Waals surface area contributed by atoms with Crippen LogP contribution in [-0.4, -0.2) is 24.2 Å². The molecule has 0 aliphatic rings. The lowest BCUT2D eigenvalue weighted by molar-refractivity contribution is 0.383. The van der Waals surface area contributed by atoms with Crippen LogP contribution in [-0.2, 0) is 0 Å². The lowest BCUT2D eigenvalue weighted by Crippen LogP contribution is -1.93. The number of hydrogen-bond acceptors (Lipinski definition) is 3. The van der Waals surface area contributed by atoms with Crippen LogP contribution in [0.5, 0.6) is 11.6 Å². The standard InChI is InChI=1S/C16H15ClN2O2/c1-9-16(12-6-10(17)4-5-13(12)18-9)14-7-11(20-2)8-15(19-14)21-3/h4-8,18H,1-3H3. The van der Waals surface area contributed by atoms with E-state index in [0.717, 1.165) is 27.9 Å². The Balaban J connectivity index is 2.29. The lowest BCUT2D eigenvalue weighted by Gasteiger charge is -2.08. The van der Waals surface area contributed by atoms with Crippen LogP contribution in [0, 0.1) is 6.92 Å². The summed E-state index contributed by atoms with van der Waals surface area (Å²) in [4.78, 5) is 7.87. The molecule has 3 aromatic rings. The summed E-state index contributed by atoms with van der Waals surface area (Å²) in [7, 11) is 3.21. The second kappa shape index (κ2) is 5.30. The van der Waals surface area contributed by atoms with E-state index < -0.39 is 0 Å².